The molecule has 6 nitrogen and oxygen atoms in total. The van der Waals surface area contributed by atoms with Gasteiger partial charge < -0.3 is 4.74 Å². The number of anilines is 1. The summed E-state index contributed by atoms with van der Waals surface area (Å²) in [5, 5.41) is 3.90. The lowest BCUT2D eigenvalue weighted by molar-refractivity contribution is 0.128. The Bertz CT molecular complexity index is 764. The number of amides is 1. The summed E-state index contributed by atoms with van der Waals surface area (Å²) < 4.78 is 6.41. The molecule has 1 saturated heterocycles. The van der Waals surface area contributed by atoms with Crippen molar-refractivity contribution in [2.24, 2.45) is 0 Å². The first kappa shape index (κ1) is 14.9. The van der Waals surface area contributed by atoms with Crippen molar-refractivity contribution in [3.05, 3.63) is 56.9 Å². The number of cyclic esters (lactones) is 1. The summed E-state index contributed by atoms with van der Waals surface area (Å²) in [6, 6.07) is 9.16. The summed E-state index contributed by atoms with van der Waals surface area (Å²) in [5.74, 6) is 0. The van der Waals surface area contributed by atoms with E-state index in [0.29, 0.717) is 6.54 Å². The predicted molar refractivity (Wildman–Crippen MR) is 82.6 cm³/mol. The predicted octanol–water partition coefficient (Wildman–Crippen LogP) is 2.58. The van der Waals surface area contributed by atoms with E-state index in [-0.39, 0.29) is 16.6 Å². The molecule has 2 aromatic rings. The first-order valence-electron chi connectivity index (χ1n) is 6.50. The molecule has 1 atom stereocenters. The number of carbonyl (C=O) groups excluding carboxylic acids is 1. The third kappa shape index (κ3) is 2.80. The number of nitrogens with zero attached hydrogens (tertiary/aromatic N) is 3. The molecule has 1 fully saturated rings. The average Bonchev–Trinajstić information content (AvgIpc) is 2.89. The molecule has 0 saturated carbocycles. The van der Waals surface area contributed by atoms with Crippen LogP contribution in [-0.4, -0.2) is 28.5 Å². The summed E-state index contributed by atoms with van der Waals surface area (Å²) in [7, 11) is 0. The van der Waals surface area contributed by atoms with Gasteiger partial charge in [0.05, 0.1) is 24.3 Å². The van der Waals surface area contributed by atoms with Crippen molar-refractivity contribution in [1.29, 1.82) is 0 Å². The number of hydrogen-bond donors (Lipinski definition) is 0. The molecular formula is C14H11Cl2N3O3. The van der Waals surface area contributed by atoms with Gasteiger partial charge in [-0.15, -0.1) is 0 Å². The molecule has 1 aromatic carbocycles. The minimum absolute atomic E-state index is 0.0947. The van der Waals surface area contributed by atoms with Crippen molar-refractivity contribution in [1.82, 2.24) is 9.78 Å². The van der Waals surface area contributed by atoms with Crippen molar-refractivity contribution in [2.75, 3.05) is 11.4 Å². The van der Waals surface area contributed by atoms with Gasteiger partial charge in [0.1, 0.15) is 11.1 Å². The number of rotatable bonds is 3. The molecule has 0 aliphatic carbocycles. The zero-order valence-corrected chi connectivity index (χ0v) is 12.8. The van der Waals surface area contributed by atoms with Crippen LogP contribution in [0.15, 0.2) is 41.3 Å². The lowest BCUT2D eigenvalue weighted by Crippen LogP contribution is -2.31. The first-order valence-corrected chi connectivity index (χ1v) is 7.26. The molecule has 3 rings (SSSR count). The SMILES string of the molecule is O=C1OC(Cn2ncc(Cl)c(Cl)c2=O)CN1c1ccccc1. The average molecular weight is 340 g/mol. The van der Waals surface area contributed by atoms with Crippen LogP contribution in [0.5, 0.6) is 0 Å². The molecule has 22 heavy (non-hydrogen) atoms. The van der Waals surface area contributed by atoms with Crippen molar-refractivity contribution in [3.8, 4) is 0 Å². The Balaban J connectivity index is 1.77. The van der Waals surface area contributed by atoms with Gasteiger partial charge in [-0.25, -0.2) is 9.48 Å². The minimum Gasteiger partial charge on any atom is -0.442 e. The lowest BCUT2D eigenvalue weighted by atomic mass is 10.3. The topological polar surface area (TPSA) is 64.4 Å². The van der Waals surface area contributed by atoms with Crippen LogP contribution >= 0.6 is 23.2 Å². The Morgan fingerprint density at radius 3 is 2.68 bits per heavy atom. The Morgan fingerprint density at radius 1 is 1.23 bits per heavy atom. The largest absolute Gasteiger partial charge is 0.442 e. The molecule has 0 N–H and O–H groups in total. The van der Waals surface area contributed by atoms with E-state index in [9.17, 15) is 9.59 Å². The van der Waals surface area contributed by atoms with Gasteiger partial charge in [0.25, 0.3) is 5.56 Å². The van der Waals surface area contributed by atoms with Crippen molar-refractivity contribution in [3.63, 3.8) is 0 Å². The quantitative estimate of drug-likeness (QED) is 0.862. The molecule has 1 aliphatic heterocycles. The van der Waals surface area contributed by atoms with E-state index in [0.717, 1.165) is 10.4 Å². The van der Waals surface area contributed by atoms with Crippen molar-refractivity contribution in [2.45, 2.75) is 12.6 Å². The summed E-state index contributed by atoms with van der Waals surface area (Å²) in [6.45, 7) is 0.446. The second-order valence-corrected chi connectivity index (χ2v) is 5.53. The number of carbonyl (C=O) groups is 1. The number of para-hydroxylation sites is 1. The maximum atomic E-state index is 11.9. The third-order valence-electron chi connectivity index (χ3n) is 3.26. The Labute approximate surface area is 135 Å². The normalized spacial score (nSPS) is 17.6. The van der Waals surface area contributed by atoms with Gasteiger partial charge >= 0.3 is 6.09 Å². The molecule has 0 radical (unpaired) electrons. The molecule has 1 aromatic heterocycles. The van der Waals surface area contributed by atoms with Crippen LogP contribution in [0.3, 0.4) is 0 Å². The van der Waals surface area contributed by atoms with Gasteiger partial charge in [-0.05, 0) is 12.1 Å². The van der Waals surface area contributed by atoms with E-state index < -0.39 is 17.8 Å². The van der Waals surface area contributed by atoms with Gasteiger partial charge in [0, 0.05) is 5.69 Å². The molecule has 2 heterocycles. The molecule has 1 amide bonds. The number of ether oxygens (including phenoxy) is 1. The second kappa shape index (κ2) is 5.98. The van der Waals surface area contributed by atoms with Gasteiger partial charge in [0.2, 0.25) is 0 Å². The zero-order chi connectivity index (χ0) is 15.7. The number of aromatic nitrogens is 2. The van der Waals surface area contributed by atoms with E-state index in [1.807, 2.05) is 30.3 Å². The standard InChI is InChI=1S/C14H11Cl2N3O3/c15-11-6-17-19(13(20)12(11)16)8-10-7-18(14(21)22-10)9-4-2-1-3-5-9/h1-6,10H,7-8H2. The molecule has 0 spiro atoms. The Kier molecular flexibility index (Phi) is 4.04. The third-order valence-corrected chi connectivity index (χ3v) is 4.01. The van der Waals surface area contributed by atoms with Crippen LogP contribution in [0.2, 0.25) is 10.0 Å². The summed E-state index contributed by atoms with van der Waals surface area (Å²) >= 11 is 11.5. The summed E-state index contributed by atoms with van der Waals surface area (Å²) in [4.78, 5) is 25.4. The summed E-state index contributed by atoms with van der Waals surface area (Å²) in [5.41, 5.74) is 0.229. The highest BCUT2D eigenvalue weighted by Gasteiger charge is 2.33. The Morgan fingerprint density at radius 2 is 1.95 bits per heavy atom. The first-order chi connectivity index (χ1) is 10.6. The number of hydrogen-bond acceptors (Lipinski definition) is 4. The van der Waals surface area contributed by atoms with Crippen LogP contribution in [-0.2, 0) is 11.3 Å². The fourth-order valence-electron chi connectivity index (χ4n) is 2.20. The van der Waals surface area contributed by atoms with Crippen LogP contribution in [0.25, 0.3) is 0 Å². The smallest absolute Gasteiger partial charge is 0.414 e. The van der Waals surface area contributed by atoms with Crippen molar-refractivity contribution < 1.29 is 9.53 Å². The van der Waals surface area contributed by atoms with Gasteiger partial charge in [0.15, 0.2) is 0 Å². The molecule has 8 heteroatoms. The molecule has 0 bridgehead atoms. The summed E-state index contributed by atoms with van der Waals surface area (Å²) in [6.07, 6.45) is 0.344. The maximum Gasteiger partial charge on any atom is 0.414 e. The maximum absolute atomic E-state index is 11.9. The van der Waals surface area contributed by atoms with E-state index in [2.05, 4.69) is 5.10 Å². The van der Waals surface area contributed by atoms with Crippen LogP contribution < -0.4 is 10.5 Å². The zero-order valence-electron chi connectivity index (χ0n) is 11.3. The van der Waals surface area contributed by atoms with E-state index in [4.69, 9.17) is 27.9 Å². The monoisotopic (exact) mass is 339 g/mol. The Hall–Kier alpha value is -2.05. The highest BCUT2D eigenvalue weighted by Crippen LogP contribution is 2.22. The van der Waals surface area contributed by atoms with E-state index >= 15 is 0 Å². The van der Waals surface area contributed by atoms with Gasteiger partial charge in [-0.2, -0.15) is 5.10 Å². The molecular weight excluding hydrogens is 329 g/mol. The minimum atomic E-state index is -0.511. The van der Waals surface area contributed by atoms with Gasteiger partial charge in [-0.1, -0.05) is 41.4 Å². The fourth-order valence-corrected chi connectivity index (χ4v) is 2.47. The van der Waals surface area contributed by atoms with E-state index in [1.54, 1.807) is 0 Å². The van der Waals surface area contributed by atoms with Gasteiger partial charge in [-0.3, -0.25) is 9.69 Å². The van der Waals surface area contributed by atoms with E-state index in [1.165, 1.54) is 11.1 Å². The molecule has 1 aliphatic rings. The highest BCUT2D eigenvalue weighted by atomic mass is 35.5. The molecule has 114 valence electrons. The molecule has 1 unspecified atom stereocenters. The van der Waals surface area contributed by atoms with Crippen LogP contribution in [0, 0.1) is 0 Å². The van der Waals surface area contributed by atoms with Crippen LogP contribution in [0.1, 0.15) is 0 Å². The second-order valence-electron chi connectivity index (χ2n) is 4.75. The number of benzene rings is 1. The van der Waals surface area contributed by atoms with Crippen LogP contribution in [0.4, 0.5) is 10.5 Å². The van der Waals surface area contributed by atoms with Crippen molar-refractivity contribution >= 4 is 35.0 Å². The fraction of sp³-hybridized carbons (Fsp3) is 0.214. The lowest BCUT2D eigenvalue weighted by Gasteiger charge is -2.12. The highest BCUT2D eigenvalue weighted by molar-refractivity contribution is 6.41. The number of halogens is 2.